The molecule has 23 heavy (non-hydrogen) atoms. The number of nitrogens with two attached hydrogens (primary N) is 1. The highest BCUT2D eigenvalue weighted by atomic mass is 32.1. The van der Waals surface area contributed by atoms with Crippen molar-refractivity contribution in [1.29, 1.82) is 0 Å². The van der Waals surface area contributed by atoms with Gasteiger partial charge in [0.25, 0.3) is 6.29 Å². The average molecular weight is 340 g/mol. The van der Waals surface area contributed by atoms with Crippen molar-refractivity contribution < 1.29 is 24.0 Å². The van der Waals surface area contributed by atoms with Gasteiger partial charge in [-0.15, -0.1) is 11.3 Å². The van der Waals surface area contributed by atoms with Crippen molar-refractivity contribution in [3.05, 3.63) is 11.1 Å². The number of carbonyl (C=O) groups excluding carboxylic acids is 3. The van der Waals surface area contributed by atoms with Gasteiger partial charge in [-0.25, -0.2) is 4.98 Å². The molecular weight excluding hydrogens is 322 g/mol. The maximum absolute atomic E-state index is 11.7. The van der Waals surface area contributed by atoms with E-state index < -0.39 is 23.3 Å². The number of ether oxygens (including phenoxy) is 1. The lowest BCUT2D eigenvalue weighted by atomic mass is 9.97. The number of rotatable bonds is 6. The summed E-state index contributed by atoms with van der Waals surface area (Å²) < 4.78 is 4.74. The topological polar surface area (TPSA) is 121 Å². The number of hydrogen-bond donors (Lipinski definition) is 1. The van der Waals surface area contributed by atoms with E-state index in [9.17, 15) is 14.4 Å². The zero-order valence-electron chi connectivity index (χ0n) is 13.3. The third-order valence-corrected chi connectivity index (χ3v) is 3.22. The minimum Gasteiger partial charge on any atom is -0.394 e. The van der Waals surface area contributed by atoms with Crippen LogP contribution < -0.4 is 5.73 Å². The molecule has 125 valence electrons. The van der Waals surface area contributed by atoms with Gasteiger partial charge < -0.3 is 15.3 Å². The second kappa shape index (κ2) is 7.82. The van der Waals surface area contributed by atoms with Crippen molar-refractivity contribution in [2.75, 3.05) is 12.3 Å². The lowest BCUT2D eigenvalue weighted by Crippen LogP contribution is -2.29. The SMILES string of the molecule is CC(CO/N=C(\[C]=O)c1csc(N)n1)C(=O)OC(=O)C(C)(C)C. The Kier molecular flexibility index (Phi) is 6.38. The second-order valence-electron chi connectivity index (χ2n) is 5.77. The van der Waals surface area contributed by atoms with Crippen molar-refractivity contribution in [3.63, 3.8) is 0 Å². The van der Waals surface area contributed by atoms with E-state index in [0.29, 0.717) is 0 Å². The number of thiazole rings is 1. The van der Waals surface area contributed by atoms with Crippen LogP contribution in [-0.4, -0.2) is 35.5 Å². The molecule has 0 spiro atoms. The molecule has 0 saturated carbocycles. The molecule has 1 unspecified atom stereocenters. The van der Waals surface area contributed by atoms with Crippen LogP contribution in [0, 0.1) is 11.3 Å². The van der Waals surface area contributed by atoms with Crippen molar-refractivity contribution in [2.24, 2.45) is 16.5 Å². The fourth-order valence-corrected chi connectivity index (χ4v) is 1.69. The molecular formula is C14H18N3O5S. The number of nitrogens with zero attached hydrogens (tertiary/aromatic N) is 2. The molecule has 0 bridgehead atoms. The molecule has 8 nitrogen and oxygen atoms in total. The van der Waals surface area contributed by atoms with Gasteiger partial charge >= 0.3 is 11.9 Å². The van der Waals surface area contributed by atoms with Gasteiger partial charge in [0, 0.05) is 5.38 Å². The summed E-state index contributed by atoms with van der Waals surface area (Å²) in [6, 6.07) is 0. The second-order valence-corrected chi connectivity index (χ2v) is 6.66. The highest BCUT2D eigenvalue weighted by molar-refractivity contribution is 7.13. The third-order valence-electron chi connectivity index (χ3n) is 2.55. The number of oxime groups is 1. The molecule has 0 amide bonds. The van der Waals surface area contributed by atoms with Crippen LogP contribution in [0.3, 0.4) is 0 Å². The van der Waals surface area contributed by atoms with Crippen LogP contribution >= 0.6 is 11.3 Å². The average Bonchev–Trinajstić information content (AvgIpc) is 2.88. The Morgan fingerprint density at radius 3 is 2.61 bits per heavy atom. The Labute approximate surface area is 137 Å². The van der Waals surface area contributed by atoms with Gasteiger partial charge in [0.1, 0.15) is 12.3 Å². The molecule has 0 fully saturated rings. The Bertz CT molecular complexity index is 618. The Hall–Kier alpha value is -2.29. The van der Waals surface area contributed by atoms with Crippen molar-refractivity contribution >= 4 is 40.4 Å². The van der Waals surface area contributed by atoms with Gasteiger partial charge in [0.05, 0.1) is 11.3 Å². The fraction of sp³-hybridized carbons (Fsp3) is 0.500. The van der Waals surface area contributed by atoms with Crippen molar-refractivity contribution in [1.82, 2.24) is 4.98 Å². The van der Waals surface area contributed by atoms with Gasteiger partial charge in [-0.1, -0.05) is 5.16 Å². The van der Waals surface area contributed by atoms with Crippen LogP contribution in [0.25, 0.3) is 0 Å². The molecule has 1 aromatic heterocycles. The summed E-state index contributed by atoms with van der Waals surface area (Å²) in [6.45, 7) is 6.26. The summed E-state index contributed by atoms with van der Waals surface area (Å²) in [6.07, 6.45) is 1.58. The first-order valence-electron chi connectivity index (χ1n) is 6.70. The molecule has 1 rings (SSSR count). The van der Waals surface area contributed by atoms with Crippen LogP contribution in [0.4, 0.5) is 5.13 Å². The minimum absolute atomic E-state index is 0.163. The van der Waals surface area contributed by atoms with E-state index >= 15 is 0 Å². The number of nitrogen functional groups attached to an aromatic ring is 1. The third kappa shape index (κ3) is 5.78. The van der Waals surface area contributed by atoms with Crippen LogP contribution in [0.5, 0.6) is 0 Å². The van der Waals surface area contributed by atoms with E-state index in [4.69, 9.17) is 15.3 Å². The van der Waals surface area contributed by atoms with Crippen LogP contribution in [0.2, 0.25) is 0 Å². The van der Waals surface area contributed by atoms with E-state index in [2.05, 4.69) is 10.1 Å². The molecule has 9 heteroatoms. The van der Waals surface area contributed by atoms with Crippen molar-refractivity contribution in [2.45, 2.75) is 27.7 Å². The first kappa shape index (κ1) is 18.8. The summed E-state index contributed by atoms with van der Waals surface area (Å²) >= 11 is 1.14. The van der Waals surface area contributed by atoms with Gasteiger partial charge in [-0.05, 0) is 27.7 Å². The van der Waals surface area contributed by atoms with E-state index in [0.717, 1.165) is 11.3 Å². The van der Waals surface area contributed by atoms with Crippen LogP contribution in [0.15, 0.2) is 10.5 Å². The highest BCUT2D eigenvalue weighted by Gasteiger charge is 2.28. The van der Waals surface area contributed by atoms with E-state index in [1.54, 1.807) is 27.1 Å². The number of esters is 2. The first-order valence-corrected chi connectivity index (χ1v) is 7.58. The number of hydrogen-bond acceptors (Lipinski definition) is 9. The number of anilines is 1. The molecule has 2 N–H and O–H groups in total. The zero-order valence-corrected chi connectivity index (χ0v) is 14.1. The Morgan fingerprint density at radius 2 is 2.13 bits per heavy atom. The Balaban J connectivity index is 2.56. The number of carbonyl (C=O) groups is 2. The standard InChI is InChI=1S/C14H18N3O5S/c1-8(11(19)22-12(20)14(2,3)4)6-21-17-9(5-18)10-7-23-13(15)16-10/h7-8H,6H2,1-4H3,(H2,15,16)/b17-9+. The summed E-state index contributed by atoms with van der Waals surface area (Å²) in [5.74, 6) is -2.09. The summed E-state index contributed by atoms with van der Waals surface area (Å²) in [4.78, 5) is 43.0. The minimum atomic E-state index is -0.779. The van der Waals surface area contributed by atoms with Gasteiger partial charge in [0.15, 0.2) is 10.8 Å². The quantitative estimate of drug-likeness (QED) is 0.358. The molecule has 0 aliphatic heterocycles. The lowest BCUT2D eigenvalue weighted by Gasteiger charge is -2.17. The maximum atomic E-state index is 11.7. The smallest absolute Gasteiger partial charge is 0.319 e. The molecule has 0 aliphatic rings. The monoisotopic (exact) mass is 340 g/mol. The summed E-state index contributed by atoms with van der Waals surface area (Å²) in [7, 11) is 0. The fourth-order valence-electron chi connectivity index (χ4n) is 1.14. The maximum Gasteiger partial charge on any atom is 0.319 e. The largest absolute Gasteiger partial charge is 0.394 e. The molecule has 0 aromatic carbocycles. The predicted molar refractivity (Wildman–Crippen MR) is 84.4 cm³/mol. The predicted octanol–water partition coefficient (Wildman–Crippen LogP) is 1.31. The molecule has 1 heterocycles. The number of aromatic nitrogens is 1. The zero-order chi connectivity index (χ0) is 17.6. The normalized spacial score (nSPS) is 13.3. The van der Waals surface area contributed by atoms with Gasteiger partial charge in [-0.3, -0.25) is 14.4 Å². The first-order chi connectivity index (χ1) is 10.6. The van der Waals surface area contributed by atoms with Crippen LogP contribution in [0.1, 0.15) is 33.4 Å². The summed E-state index contributed by atoms with van der Waals surface area (Å²) in [5.41, 5.74) is 4.75. The molecule has 1 atom stereocenters. The van der Waals surface area contributed by atoms with E-state index in [1.165, 1.54) is 12.3 Å². The summed E-state index contributed by atoms with van der Waals surface area (Å²) in [5, 5.41) is 5.37. The van der Waals surface area contributed by atoms with Gasteiger partial charge in [0.2, 0.25) is 0 Å². The molecule has 0 aliphatic carbocycles. The Morgan fingerprint density at radius 1 is 1.48 bits per heavy atom. The molecule has 1 aromatic rings. The highest BCUT2D eigenvalue weighted by Crippen LogP contribution is 2.16. The van der Waals surface area contributed by atoms with Crippen molar-refractivity contribution in [3.8, 4) is 0 Å². The molecule has 0 saturated heterocycles. The lowest BCUT2D eigenvalue weighted by molar-refractivity contribution is -0.169. The van der Waals surface area contributed by atoms with E-state index in [1.807, 2.05) is 0 Å². The van der Waals surface area contributed by atoms with Gasteiger partial charge in [-0.2, -0.15) is 0 Å². The molecule has 1 radical (unpaired) electrons. The van der Waals surface area contributed by atoms with E-state index in [-0.39, 0.29) is 23.1 Å². The van der Waals surface area contributed by atoms with Crippen LogP contribution in [-0.2, 0) is 24.0 Å².